The van der Waals surface area contributed by atoms with E-state index >= 15 is 0 Å². The maximum Gasteiger partial charge on any atom is 0.219 e. The molecule has 0 bridgehead atoms. The number of hydrogen-bond acceptors (Lipinski definition) is 4. The van der Waals surface area contributed by atoms with E-state index in [9.17, 15) is 4.79 Å². The van der Waals surface area contributed by atoms with Crippen molar-refractivity contribution in [3.05, 3.63) is 0 Å². The maximum atomic E-state index is 10.9. The third kappa shape index (κ3) is 3.14. The molecule has 90 valence electrons. The van der Waals surface area contributed by atoms with Crippen molar-refractivity contribution >= 4 is 22.8 Å². The number of amidine groups is 1. The minimum atomic E-state index is -0.296. The van der Waals surface area contributed by atoms with E-state index in [1.165, 1.54) is 12.8 Å². The van der Waals surface area contributed by atoms with Gasteiger partial charge in [-0.25, -0.2) is 0 Å². The SMILES string of the molecule is CC(C)(CC(N)=O)NC1=NCC(C2CC2)S1. The topological polar surface area (TPSA) is 67.5 Å². The van der Waals surface area contributed by atoms with E-state index in [-0.39, 0.29) is 11.4 Å². The van der Waals surface area contributed by atoms with E-state index in [1.807, 2.05) is 25.6 Å². The van der Waals surface area contributed by atoms with E-state index in [2.05, 4.69) is 10.3 Å². The monoisotopic (exact) mass is 241 g/mol. The summed E-state index contributed by atoms with van der Waals surface area (Å²) in [7, 11) is 0. The van der Waals surface area contributed by atoms with Crippen LogP contribution in [-0.4, -0.2) is 28.4 Å². The highest BCUT2D eigenvalue weighted by molar-refractivity contribution is 8.14. The molecule has 0 radical (unpaired) electrons. The fourth-order valence-corrected chi connectivity index (χ4v) is 3.33. The van der Waals surface area contributed by atoms with Gasteiger partial charge in [-0.15, -0.1) is 0 Å². The van der Waals surface area contributed by atoms with Gasteiger partial charge >= 0.3 is 0 Å². The Labute approximate surface area is 100 Å². The predicted octanol–water partition coefficient (Wildman–Crippen LogP) is 1.11. The van der Waals surface area contributed by atoms with Crippen LogP contribution >= 0.6 is 11.8 Å². The average Bonchev–Trinajstić information content (AvgIpc) is 2.86. The normalized spacial score (nSPS) is 25.4. The summed E-state index contributed by atoms with van der Waals surface area (Å²) >= 11 is 1.82. The van der Waals surface area contributed by atoms with Crippen molar-refractivity contribution in [2.45, 2.75) is 43.9 Å². The lowest BCUT2D eigenvalue weighted by Crippen LogP contribution is -2.44. The van der Waals surface area contributed by atoms with Crippen LogP contribution in [0, 0.1) is 5.92 Å². The van der Waals surface area contributed by atoms with Gasteiger partial charge in [-0.05, 0) is 32.6 Å². The molecule has 1 aliphatic carbocycles. The lowest BCUT2D eigenvalue weighted by molar-refractivity contribution is -0.119. The molecule has 1 heterocycles. The first-order valence-electron chi connectivity index (χ1n) is 5.74. The molecule has 0 aromatic rings. The number of nitrogens with one attached hydrogen (secondary N) is 1. The lowest BCUT2D eigenvalue weighted by atomic mass is 10.0. The molecular weight excluding hydrogens is 222 g/mol. The van der Waals surface area contributed by atoms with E-state index < -0.39 is 0 Å². The molecule has 16 heavy (non-hydrogen) atoms. The van der Waals surface area contributed by atoms with Gasteiger partial charge in [-0.1, -0.05) is 11.8 Å². The van der Waals surface area contributed by atoms with Crippen molar-refractivity contribution in [2.75, 3.05) is 6.54 Å². The van der Waals surface area contributed by atoms with Gasteiger partial charge in [0.15, 0.2) is 5.17 Å². The summed E-state index contributed by atoms with van der Waals surface area (Å²) in [6, 6.07) is 0. The van der Waals surface area contributed by atoms with Crippen LogP contribution in [0.1, 0.15) is 33.1 Å². The molecule has 1 saturated carbocycles. The number of carbonyl (C=O) groups excluding carboxylic acids is 1. The van der Waals surface area contributed by atoms with Crippen LogP contribution in [0.2, 0.25) is 0 Å². The smallest absolute Gasteiger partial charge is 0.219 e. The van der Waals surface area contributed by atoms with Gasteiger partial charge in [0.2, 0.25) is 5.91 Å². The molecule has 1 aliphatic heterocycles. The third-order valence-corrected chi connectivity index (χ3v) is 4.18. The molecule has 1 fully saturated rings. The summed E-state index contributed by atoms with van der Waals surface area (Å²) in [5.74, 6) is 0.590. The van der Waals surface area contributed by atoms with Crippen molar-refractivity contribution < 1.29 is 4.79 Å². The van der Waals surface area contributed by atoms with Crippen molar-refractivity contribution in [2.24, 2.45) is 16.6 Å². The molecule has 0 aromatic carbocycles. The third-order valence-electron chi connectivity index (χ3n) is 2.89. The Morgan fingerprint density at radius 2 is 2.31 bits per heavy atom. The van der Waals surface area contributed by atoms with E-state index in [1.54, 1.807) is 0 Å². The van der Waals surface area contributed by atoms with Gasteiger partial charge in [0.05, 0.1) is 6.54 Å². The second-order valence-corrected chi connectivity index (χ2v) is 6.52. The zero-order valence-electron chi connectivity index (χ0n) is 9.82. The van der Waals surface area contributed by atoms with Gasteiger partial charge in [-0.2, -0.15) is 0 Å². The van der Waals surface area contributed by atoms with Crippen molar-refractivity contribution in [1.29, 1.82) is 0 Å². The average molecular weight is 241 g/mol. The highest BCUT2D eigenvalue weighted by atomic mass is 32.2. The molecule has 4 nitrogen and oxygen atoms in total. The molecule has 5 heteroatoms. The number of hydrogen-bond donors (Lipinski definition) is 2. The van der Waals surface area contributed by atoms with Crippen molar-refractivity contribution in [3.8, 4) is 0 Å². The number of nitrogens with zero attached hydrogens (tertiary/aromatic N) is 1. The van der Waals surface area contributed by atoms with Gasteiger partial charge in [0.1, 0.15) is 0 Å². The second-order valence-electron chi connectivity index (χ2n) is 5.29. The minimum Gasteiger partial charge on any atom is -0.370 e. The number of rotatable bonds is 4. The number of primary amides is 1. The Morgan fingerprint density at radius 3 is 2.88 bits per heavy atom. The standard InChI is InChI=1S/C11H19N3OS/c1-11(2,5-9(12)15)14-10-13-6-8(16-10)7-3-4-7/h7-8H,3-6H2,1-2H3,(H2,12,15)(H,13,14). The zero-order chi connectivity index (χ0) is 11.8. The molecule has 0 aromatic heterocycles. The van der Waals surface area contributed by atoms with E-state index in [0.717, 1.165) is 17.6 Å². The molecule has 1 unspecified atom stereocenters. The predicted molar refractivity (Wildman–Crippen MR) is 67.4 cm³/mol. The molecule has 1 amide bonds. The Hall–Kier alpha value is -0.710. The quantitative estimate of drug-likeness (QED) is 0.775. The number of thioether (sulfide) groups is 1. The van der Waals surface area contributed by atoms with Crippen LogP contribution in [0.3, 0.4) is 0 Å². The lowest BCUT2D eigenvalue weighted by Gasteiger charge is -2.25. The fourth-order valence-electron chi connectivity index (χ4n) is 1.94. The van der Waals surface area contributed by atoms with Crippen LogP contribution in [0.4, 0.5) is 0 Å². The van der Waals surface area contributed by atoms with Gasteiger partial charge in [0, 0.05) is 17.2 Å². The second kappa shape index (κ2) is 4.28. The Morgan fingerprint density at radius 1 is 1.62 bits per heavy atom. The number of amides is 1. The minimum absolute atomic E-state index is 0.278. The summed E-state index contributed by atoms with van der Waals surface area (Å²) in [4.78, 5) is 15.4. The first-order valence-corrected chi connectivity index (χ1v) is 6.62. The zero-order valence-corrected chi connectivity index (χ0v) is 10.6. The number of nitrogens with two attached hydrogens (primary N) is 1. The maximum absolute atomic E-state index is 10.9. The highest BCUT2D eigenvalue weighted by Crippen LogP contribution is 2.41. The first-order chi connectivity index (χ1) is 7.46. The largest absolute Gasteiger partial charge is 0.370 e. The van der Waals surface area contributed by atoms with Gasteiger partial charge in [0.25, 0.3) is 0 Å². The Balaban J connectivity index is 1.83. The first kappa shape index (κ1) is 11.8. The summed E-state index contributed by atoms with van der Waals surface area (Å²) < 4.78 is 0. The number of carbonyl (C=O) groups is 1. The molecule has 0 spiro atoms. The molecule has 2 aliphatic rings. The molecule has 1 atom stereocenters. The van der Waals surface area contributed by atoms with Crippen LogP contribution < -0.4 is 11.1 Å². The van der Waals surface area contributed by atoms with Gasteiger partial charge in [-0.3, -0.25) is 9.79 Å². The van der Waals surface area contributed by atoms with Gasteiger partial charge < -0.3 is 11.1 Å². The van der Waals surface area contributed by atoms with E-state index in [4.69, 9.17) is 5.73 Å². The molecule has 0 saturated heterocycles. The molecular formula is C11H19N3OS. The summed E-state index contributed by atoms with van der Waals surface area (Å²) in [5.41, 5.74) is 4.92. The summed E-state index contributed by atoms with van der Waals surface area (Å²) in [5, 5.41) is 4.95. The van der Waals surface area contributed by atoms with Crippen LogP contribution in [0.25, 0.3) is 0 Å². The van der Waals surface area contributed by atoms with Crippen molar-refractivity contribution in [3.63, 3.8) is 0 Å². The van der Waals surface area contributed by atoms with Crippen LogP contribution in [-0.2, 0) is 4.79 Å². The Kier molecular flexibility index (Phi) is 3.15. The molecule has 3 N–H and O–H groups in total. The highest BCUT2D eigenvalue weighted by Gasteiger charge is 2.36. The molecule has 2 rings (SSSR count). The Bertz CT molecular complexity index is 323. The summed E-state index contributed by atoms with van der Waals surface area (Å²) in [6.07, 6.45) is 3.04. The number of aliphatic imine (C=N–C) groups is 1. The van der Waals surface area contributed by atoms with Crippen LogP contribution in [0.5, 0.6) is 0 Å². The van der Waals surface area contributed by atoms with Crippen LogP contribution in [0.15, 0.2) is 4.99 Å². The van der Waals surface area contributed by atoms with Crippen molar-refractivity contribution in [1.82, 2.24) is 5.32 Å². The summed E-state index contributed by atoms with van der Waals surface area (Å²) in [6.45, 7) is 4.88. The van der Waals surface area contributed by atoms with E-state index in [0.29, 0.717) is 11.7 Å². The fraction of sp³-hybridized carbons (Fsp3) is 0.818.